The summed E-state index contributed by atoms with van der Waals surface area (Å²) in [6.45, 7) is 5.13. The highest BCUT2D eigenvalue weighted by molar-refractivity contribution is 5.93. The van der Waals surface area contributed by atoms with Crippen LogP contribution in [0.4, 0.5) is 10.6 Å². The largest absolute Gasteiger partial charge is 0.513 e. The van der Waals surface area contributed by atoms with E-state index >= 15 is 0 Å². The first-order chi connectivity index (χ1) is 8.79. The van der Waals surface area contributed by atoms with Crippen LogP contribution >= 0.6 is 0 Å². The molecule has 1 aromatic carbocycles. The molecule has 6 heteroatoms. The summed E-state index contributed by atoms with van der Waals surface area (Å²) in [5, 5.41) is 11.7. The predicted molar refractivity (Wildman–Crippen MR) is 70.2 cm³/mol. The van der Waals surface area contributed by atoms with Crippen molar-refractivity contribution in [1.82, 2.24) is 4.57 Å². The van der Waals surface area contributed by atoms with Crippen LogP contribution in [-0.2, 0) is 4.74 Å². The number of nitrogens with zero attached hydrogens (tertiary/aromatic N) is 2. The van der Waals surface area contributed by atoms with Crippen molar-refractivity contribution in [2.45, 2.75) is 26.4 Å². The van der Waals surface area contributed by atoms with Gasteiger partial charge >= 0.3 is 11.9 Å². The lowest BCUT2D eigenvalue weighted by Crippen LogP contribution is -2.27. The number of fused-ring (bicyclic) bond motifs is 1. The molecule has 2 aromatic rings. The number of carbonyl (C=O) groups excluding carboxylic acids is 1. The Labute approximate surface area is 109 Å². The van der Waals surface area contributed by atoms with Crippen molar-refractivity contribution >= 4 is 22.8 Å². The van der Waals surface area contributed by atoms with Gasteiger partial charge in [0.2, 0.25) is 0 Å². The van der Waals surface area contributed by atoms with Crippen LogP contribution in [0.2, 0.25) is 0 Å². The lowest BCUT2D eigenvalue weighted by Gasteiger charge is -2.17. The molecule has 0 amide bonds. The third-order valence-electron chi connectivity index (χ3n) is 2.45. The van der Waals surface area contributed by atoms with Crippen molar-refractivity contribution in [2.24, 2.45) is 0 Å². The quantitative estimate of drug-likeness (QED) is 0.583. The molecule has 2 rings (SSSR count). The smallest absolute Gasteiger partial charge is 0.425 e. The summed E-state index contributed by atoms with van der Waals surface area (Å²) in [4.78, 5) is 22.5. The van der Waals surface area contributed by atoms with E-state index in [-0.39, 0.29) is 5.82 Å². The molecule has 0 N–H and O–H groups in total. The Morgan fingerprint density at radius 3 is 2.53 bits per heavy atom. The fourth-order valence-corrected chi connectivity index (χ4v) is 1.77. The van der Waals surface area contributed by atoms with E-state index in [1.54, 1.807) is 45.0 Å². The van der Waals surface area contributed by atoms with Gasteiger partial charge in [0, 0.05) is 11.5 Å². The lowest BCUT2D eigenvalue weighted by atomic mass is 10.2. The van der Waals surface area contributed by atoms with E-state index in [1.807, 2.05) is 0 Å². The molecule has 0 spiro atoms. The monoisotopic (exact) mass is 262 g/mol. The van der Waals surface area contributed by atoms with Crippen LogP contribution in [0.5, 0.6) is 0 Å². The molecule has 0 aliphatic rings. The average Bonchev–Trinajstić information content (AvgIpc) is 2.65. The van der Waals surface area contributed by atoms with Crippen LogP contribution < -0.4 is 0 Å². The second-order valence-corrected chi connectivity index (χ2v) is 5.13. The van der Waals surface area contributed by atoms with Gasteiger partial charge in [-0.15, -0.1) is 4.57 Å². The minimum atomic E-state index is -0.750. The van der Waals surface area contributed by atoms with Gasteiger partial charge in [0.15, 0.2) is 0 Å². The minimum Gasteiger partial charge on any atom is -0.425 e. The van der Waals surface area contributed by atoms with Crippen molar-refractivity contribution in [3.63, 3.8) is 0 Å². The second-order valence-electron chi connectivity index (χ2n) is 5.13. The fraction of sp³-hybridized carbons (Fsp3) is 0.308. The van der Waals surface area contributed by atoms with Crippen LogP contribution in [0.3, 0.4) is 0 Å². The number of ether oxygens (including phenoxy) is 1. The van der Waals surface area contributed by atoms with E-state index in [1.165, 1.54) is 6.07 Å². The first-order valence-corrected chi connectivity index (χ1v) is 5.78. The maximum absolute atomic E-state index is 12.1. The van der Waals surface area contributed by atoms with Gasteiger partial charge in [-0.2, -0.15) is 4.79 Å². The number of hydrogen-bond donors (Lipinski definition) is 0. The van der Waals surface area contributed by atoms with Gasteiger partial charge in [0.25, 0.3) is 0 Å². The summed E-state index contributed by atoms with van der Waals surface area (Å²) in [7, 11) is 0. The number of carbonyl (C=O) groups is 1. The zero-order chi connectivity index (χ0) is 14.2. The Balaban J connectivity index is 2.60. The number of aromatic nitrogens is 1. The summed E-state index contributed by atoms with van der Waals surface area (Å²) in [5.74, 6) is -0.296. The second kappa shape index (κ2) is 4.38. The molecule has 0 bridgehead atoms. The molecule has 0 saturated carbocycles. The van der Waals surface area contributed by atoms with Crippen molar-refractivity contribution in [2.75, 3.05) is 0 Å². The van der Waals surface area contributed by atoms with Crippen LogP contribution in [-0.4, -0.2) is 21.2 Å². The molecule has 0 radical (unpaired) electrons. The molecule has 0 aliphatic heterocycles. The van der Waals surface area contributed by atoms with E-state index in [0.29, 0.717) is 10.9 Å². The summed E-state index contributed by atoms with van der Waals surface area (Å²) in [5.41, 5.74) is -0.250. The predicted octanol–water partition coefficient (Wildman–Crippen LogP) is 3.33. The van der Waals surface area contributed by atoms with Gasteiger partial charge < -0.3 is 14.9 Å². The molecule has 6 nitrogen and oxygen atoms in total. The van der Waals surface area contributed by atoms with E-state index < -0.39 is 16.6 Å². The Morgan fingerprint density at radius 1 is 1.32 bits per heavy atom. The summed E-state index contributed by atoms with van der Waals surface area (Å²) in [6, 6.07) is 8.19. The third kappa shape index (κ3) is 2.57. The van der Waals surface area contributed by atoms with Crippen LogP contribution in [0.1, 0.15) is 20.8 Å². The number of benzene rings is 1. The summed E-state index contributed by atoms with van der Waals surface area (Å²) >= 11 is 0. The Hall–Kier alpha value is -2.37. The topological polar surface area (TPSA) is 74.4 Å². The first kappa shape index (κ1) is 13.1. The Bertz CT molecular complexity index is 652. The van der Waals surface area contributed by atoms with E-state index in [4.69, 9.17) is 4.74 Å². The SMILES string of the molecule is CC(C)(C)OC(=O)n1c([N+](=O)[O-])cc2ccccc21. The van der Waals surface area contributed by atoms with E-state index in [9.17, 15) is 14.9 Å². The van der Waals surface area contributed by atoms with Crippen LogP contribution in [0, 0.1) is 10.1 Å². The van der Waals surface area contributed by atoms with Crippen LogP contribution in [0.15, 0.2) is 30.3 Å². The maximum Gasteiger partial charge on any atom is 0.513 e. The maximum atomic E-state index is 12.1. The lowest BCUT2D eigenvalue weighted by molar-refractivity contribution is -0.390. The van der Waals surface area contributed by atoms with Crippen molar-refractivity contribution in [3.8, 4) is 0 Å². The minimum absolute atomic E-state index is 0.296. The van der Waals surface area contributed by atoms with Crippen molar-refractivity contribution < 1.29 is 14.5 Å². The highest BCUT2D eigenvalue weighted by atomic mass is 16.6. The van der Waals surface area contributed by atoms with E-state index in [2.05, 4.69) is 0 Å². The molecule has 1 aromatic heterocycles. The van der Waals surface area contributed by atoms with Gasteiger partial charge in [-0.1, -0.05) is 18.2 Å². The molecule has 1 heterocycles. The molecular formula is C13H14N2O4. The number of rotatable bonds is 1. The standard InChI is InChI=1S/C13H14N2O4/c1-13(2,3)19-12(16)14-10-7-5-4-6-9(10)8-11(14)15(17)18/h4-8H,1-3H3. The zero-order valence-corrected chi connectivity index (χ0v) is 10.9. The molecule has 0 atom stereocenters. The molecule has 0 saturated heterocycles. The zero-order valence-electron chi connectivity index (χ0n) is 10.9. The molecule has 19 heavy (non-hydrogen) atoms. The number of hydrogen-bond acceptors (Lipinski definition) is 4. The van der Waals surface area contributed by atoms with Gasteiger partial charge in [-0.25, -0.2) is 0 Å². The number of para-hydroxylation sites is 1. The van der Waals surface area contributed by atoms with Gasteiger partial charge in [0.1, 0.15) is 11.1 Å². The summed E-state index contributed by atoms with van der Waals surface area (Å²) in [6.07, 6.45) is -0.750. The number of nitro groups is 1. The highest BCUT2D eigenvalue weighted by Crippen LogP contribution is 2.26. The molecular weight excluding hydrogens is 248 g/mol. The summed E-state index contributed by atoms with van der Waals surface area (Å²) < 4.78 is 6.19. The Morgan fingerprint density at radius 2 is 1.95 bits per heavy atom. The van der Waals surface area contributed by atoms with Gasteiger partial charge in [0.05, 0.1) is 0 Å². The van der Waals surface area contributed by atoms with Crippen molar-refractivity contribution in [1.29, 1.82) is 0 Å². The van der Waals surface area contributed by atoms with Crippen molar-refractivity contribution in [3.05, 3.63) is 40.4 Å². The molecule has 100 valence electrons. The fourth-order valence-electron chi connectivity index (χ4n) is 1.77. The normalized spacial score (nSPS) is 11.5. The highest BCUT2D eigenvalue weighted by Gasteiger charge is 2.29. The van der Waals surface area contributed by atoms with Gasteiger partial charge in [-0.05, 0) is 31.8 Å². The van der Waals surface area contributed by atoms with E-state index in [0.717, 1.165) is 4.57 Å². The average molecular weight is 262 g/mol. The molecule has 0 aliphatic carbocycles. The Kier molecular flexibility index (Phi) is 3.01. The molecule has 0 unspecified atom stereocenters. The molecule has 0 fully saturated rings. The first-order valence-electron chi connectivity index (χ1n) is 5.78. The van der Waals surface area contributed by atoms with Crippen LogP contribution in [0.25, 0.3) is 10.9 Å². The third-order valence-corrected chi connectivity index (χ3v) is 2.45. The van der Waals surface area contributed by atoms with Gasteiger partial charge in [-0.3, -0.25) is 0 Å².